The van der Waals surface area contributed by atoms with Gasteiger partial charge in [0.05, 0.1) is 17.2 Å². The van der Waals surface area contributed by atoms with Crippen LogP contribution in [0.1, 0.15) is 51.5 Å². The molecule has 1 aliphatic rings. The van der Waals surface area contributed by atoms with Crippen LogP contribution in [0.25, 0.3) is 0 Å². The minimum absolute atomic E-state index is 0.0527. The summed E-state index contributed by atoms with van der Waals surface area (Å²) in [4.78, 5) is 30.2. The second kappa shape index (κ2) is 15.8. The van der Waals surface area contributed by atoms with Gasteiger partial charge in [-0.1, -0.05) is 59.5 Å². The van der Waals surface area contributed by atoms with E-state index in [1.807, 2.05) is 37.4 Å². The van der Waals surface area contributed by atoms with E-state index in [4.69, 9.17) is 4.74 Å². The van der Waals surface area contributed by atoms with Crippen LogP contribution in [0.2, 0.25) is 0 Å². The van der Waals surface area contributed by atoms with Crippen molar-refractivity contribution in [3.8, 4) is 5.75 Å². The molecule has 4 rings (SSSR count). The molecule has 1 N–H and O–H groups in total. The third-order valence-electron chi connectivity index (χ3n) is 7.75. The molecule has 1 saturated carbocycles. The number of rotatable bonds is 13. The SMILES string of the molecule is CCOc1ccccc1N(CC(=O)N(Cc1ccc(Br)cc1)[C@@H](C)C(=O)NC1CCCCC1)S(=O)(=O)c1ccc(SC)cc1. The molecule has 2 amide bonds. The molecule has 0 spiro atoms. The molecule has 0 aliphatic heterocycles. The molecule has 0 bridgehead atoms. The fraction of sp³-hybridized carbons (Fsp3) is 0.394. The third-order valence-corrected chi connectivity index (χ3v) is 10.8. The molecule has 3 aromatic rings. The van der Waals surface area contributed by atoms with E-state index in [9.17, 15) is 18.0 Å². The van der Waals surface area contributed by atoms with E-state index < -0.39 is 28.5 Å². The lowest BCUT2D eigenvalue weighted by Gasteiger charge is -2.33. The summed E-state index contributed by atoms with van der Waals surface area (Å²) in [5, 5.41) is 3.13. The van der Waals surface area contributed by atoms with Crippen molar-refractivity contribution in [1.82, 2.24) is 10.2 Å². The Labute approximate surface area is 273 Å². The molecule has 44 heavy (non-hydrogen) atoms. The van der Waals surface area contributed by atoms with E-state index in [1.54, 1.807) is 55.5 Å². The Bertz CT molecular complexity index is 1510. The van der Waals surface area contributed by atoms with Gasteiger partial charge in [0.15, 0.2) is 0 Å². The number of halogens is 1. The number of nitrogens with zero attached hydrogens (tertiary/aromatic N) is 2. The number of ether oxygens (including phenoxy) is 1. The number of benzene rings is 3. The summed E-state index contributed by atoms with van der Waals surface area (Å²) in [7, 11) is -4.21. The highest BCUT2D eigenvalue weighted by Gasteiger charge is 2.34. The molecule has 0 aromatic heterocycles. The molecule has 8 nitrogen and oxygen atoms in total. The summed E-state index contributed by atoms with van der Waals surface area (Å²) in [6, 6.07) is 20.1. The van der Waals surface area contributed by atoms with Crippen LogP contribution >= 0.6 is 27.7 Å². The fourth-order valence-corrected chi connectivity index (χ4v) is 7.36. The van der Waals surface area contributed by atoms with Crippen LogP contribution < -0.4 is 14.4 Å². The van der Waals surface area contributed by atoms with Gasteiger partial charge in [-0.3, -0.25) is 13.9 Å². The van der Waals surface area contributed by atoms with Crippen LogP contribution in [0.5, 0.6) is 5.75 Å². The molecule has 236 valence electrons. The van der Waals surface area contributed by atoms with Crippen molar-refractivity contribution < 1.29 is 22.7 Å². The number of para-hydroxylation sites is 2. The summed E-state index contributed by atoms with van der Waals surface area (Å²) in [6.07, 6.45) is 7.01. The van der Waals surface area contributed by atoms with Gasteiger partial charge >= 0.3 is 0 Å². The molecule has 1 atom stereocenters. The Morgan fingerprint density at radius 2 is 1.66 bits per heavy atom. The average molecular weight is 703 g/mol. The highest BCUT2D eigenvalue weighted by atomic mass is 79.9. The smallest absolute Gasteiger partial charge is 0.264 e. The Morgan fingerprint density at radius 1 is 1.00 bits per heavy atom. The molecule has 0 saturated heterocycles. The summed E-state index contributed by atoms with van der Waals surface area (Å²) in [6.45, 7) is 3.44. The number of anilines is 1. The lowest BCUT2D eigenvalue weighted by Crippen LogP contribution is -2.53. The predicted molar refractivity (Wildman–Crippen MR) is 180 cm³/mol. The zero-order chi connectivity index (χ0) is 31.7. The van der Waals surface area contributed by atoms with Crippen molar-refractivity contribution in [3.05, 3.63) is 82.8 Å². The summed E-state index contributed by atoms with van der Waals surface area (Å²) in [5.74, 6) is -0.413. The number of sulfonamides is 1. The number of carbonyl (C=O) groups excluding carboxylic acids is 2. The summed E-state index contributed by atoms with van der Waals surface area (Å²) in [5.41, 5.74) is 1.06. The van der Waals surface area contributed by atoms with Gasteiger partial charge < -0.3 is 15.0 Å². The number of carbonyl (C=O) groups is 2. The van der Waals surface area contributed by atoms with Crippen LogP contribution in [0.4, 0.5) is 5.69 Å². The van der Waals surface area contributed by atoms with E-state index >= 15 is 0 Å². The minimum atomic E-state index is -4.21. The van der Waals surface area contributed by atoms with Crippen molar-refractivity contribution in [2.45, 2.75) is 74.4 Å². The van der Waals surface area contributed by atoms with Crippen LogP contribution in [0.3, 0.4) is 0 Å². The van der Waals surface area contributed by atoms with Crippen LogP contribution in [0, 0.1) is 0 Å². The molecule has 3 aromatic carbocycles. The van der Waals surface area contributed by atoms with Gasteiger partial charge in [0.25, 0.3) is 10.0 Å². The third kappa shape index (κ3) is 8.57. The van der Waals surface area contributed by atoms with E-state index in [2.05, 4.69) is 21.2 Å². The Morgan fingerprint density at radius 3 is 2.30 bits per heavy atom. The Balaban J connectivity index is 1.71. The van der Waals surface area contributed by atoms with Gasteiger partial charge in [-0.15, -0.1) is 11.8 Å². The molecule has 0 unspecified atom stereocenters. The first-order valence-electron chi connectivity index (χ1n) is 14.9. The lowest BCUT2D eigenvalue weighted by atomic mass is 9.95. The van der Waals surface area contributed by atoms with Gasteiger partial charge in [-0.05, 0) is 87.0 Å². The van der Waals surface area contributed by atoms with Gasteiger partial charge in [0.2, 0.25) is 11.8 Å². The van der Waals surface area contributed by atoms with Crippen molar-refractivity contribution in [3.63, 3.8) is 0 Å². The van der Waals surface area contributed by atoms with Crippen molar-refractivity contribution in [2.24, 2.45) is 0 Å². The van der Waals surface area contributed by atoms with Crippen molar-refractivity contribution in [1.29, 1.82) is 0 Å². The predicted octanol–water partition coefficient (Wildman–Crippen LogP) is 6.63. The van der Waals surface area contributed by atoms with Gasteiger partial charge in [-0.2, -0.15) is 0 Å². The van der Waals surface area contributed by atoms with E-state index in [0.717, 1.165) is 51.3 Å². The lowest BCUT2D eigenvalue weighted by molar-refractivity contribution is -0.139. The number of thioether (sulfide) groups is 1. The first-order chi connectivity index (χ1) is 21.1. The molecule has 1 aliphatic carbocycles. The molecular formula is C33H40BrN3O5S2. The molecule has 1 fully saturated rings. The monoisotopic (exact) mass is 701 g/mol. The van der Waals surface area contributed by atoms with Crippen molar-refractivity contribution in [2.75, 3.05) is 23.7 Å². The highest BCUT2D eigenvalue weighted by molar-refractivity contribution is 9.10. The number of hydrogen-bond acceptors (Lipinski definition) is 6. The fourth-order valence-electron chi connectivity index (χ4n) is 5.27. The zero-order valence-electron chi connectivity index (χ0n) is 25.4. The summed E-state index contributed by atoms with van der Waals surface area (Å²) >= 11 is 4.95. The largest absolute Gasteiger partial charge is 0.492 e. The topological polar surface area (TPSA) is 96.0 Å². The standard InChI is InChI=1S/C33H40BrN3O5S2/c1-4-42-31-13-9-8-12-30(31)37(44(40,41)29-20-18-28(43-3)19-21-29)23-32(38)36(22-25-14-16-26(34)17-15-25)24(2)33(39)35-27-10-6-5-7-11-27/h8-9,12-21,24,27H,4-7,10-11,22-23H2,1-3H3,(H,35,39)/t24-/m0/s1. The van der Waals surface area contributed by atoms with Gasteiger partial charge in [-0.25, -0.2) is 8.42 Å². The summed E-state index contributed by atoms with van der Waals surface area (Å²) < 4.78 is 36.2. The zero-order valence-corrected chi connectivity index (χ0v) is 28.6. The average Bonchev–Trinajstić information content (AvgIpc) is 3.04. The molecular weight excluding hydrogens is 662 g/mol. The first kappa shape index (κ1) is 33.9. The van der Waals surface area contributed by atoms with Gasteiger partial charge in [0.1, 0.15) is 18.3 Å². The van der Waals surface area contributed by atoms with E-state index in [0.29, 0.717) is 12.4 Å². The number of nitrogens with one attached hydrogen (secondary N) is 1. The first-order valence-corrected chi connectivity index (χ1v) is 18.3. The van der Waals surface area contributed by atoms with Crippen molar-refractivity contribution >= 4 is 55.2 Å². The highest BCUT2D eigenvalue weighted by Crippen LogP contribution is 2.33. The van der Waals surface area contributed by atoms with Gasteiger partial charge in [0, 0.05) is 22.0 Å². The maximum absolute atomic E-state index is 14.3. The normalized spacial score (nSPS) is 14.5. The van der Waals surface area contributed by atoms with Crippen LogP contribution in [-0.4, -0.2) is 56.6 Å². The maximum atomic E-state index is 14.3. The number of amides is 2. The molecule has 0 radical (unpaired) electrons. The van der Waals surface area contributed by atoms with E-state index in [1.165, 1.54) is 16.7 Å². The van der Waals surface area contributed by atoms with Crippen LogP contribution in [0.15, 0.2) is 87.1 Å². The Hall–Kier alpha value is -3.02. The molecule has 11 heteroatoms. The van der Waals surface area contributed by atoms with Crippen LogP contribution in [-0.2, 0) is 26.2 Å². The number of hydrogen-bond donors (Lipinski definition) is 1. The minimum Gasteiger partial charge on any atom is -0.492 e. The quantitative estimate of drug-likeness (QED) is 0.201. The second-order valence-corrected chi connectivity index (χ2v) is 14.4. The Kier molecular flexibility index (Phi) is 12.2. The maximum Gasteiger partial charge on any atom is 0.264 e. The second-order valence-electron chi connectivity index (χ2n) is 10.8. The molecule has 0 heterocycles. The van der Waals surface area contributed by atoms with E-state index in [-0.39, 0.29) is 29.1 Å².